The highest BCUT2D eigenvalue weighted by Gasteiger charge is 2.20. The summed E-state index contributed by atoms with van der Waals surface area (Å²) in [6, 6.07) is 24.2. The Labute approximate surface area is 144 Å². The first-order valence-electron chi connectivity index (χ1n) is 8.74. The standard InChI is InChI=1S/C24H22/c1-3-18-13-14-20-15-21(19-10-5-4-6-11-19)16-23(20)24(18)22-12-8-7-9-17(22)2/h4-14,16H,3,15H2,1-2H3. The Kier molecular flexibility index (Phi) is 3.82. The summed E-state index contributed by atoms with van der Waals surface area (Å²) in [6.45, 7) is 4.46. The maximum atomic E-state index is 2.41. The van der Waals surface area contributed by atoms with Gasteiger partial charge in [-0.15, -0.1) is 0 Å². The van der Waals surface area contributed by atoms with Gasteiger partial charge in [-0.3, -0.25) is 0 Å². The van der Waals surface area contributed by atoms with Crippen molar-refractivity contribution in [3.8, 4) is 11.1 Å². The summed E-state index contributed by atoms with van der Waals surface area (Å²) in [6.07, 6.45) is 4.50. The van der Waals surface area contributed by atoms with Crippen LogP contribution in [0, 0.1) is 6.92 Å². The number of benzene rings is 3. The summed E-state index contributed by atoms with van der Waals surface area (Å²) >= 11 is 0. The Morgan fingerprint density at radius 2 is 1.58 bits per heavy atom. The first kappa shape index (κ1) is 15.0. The van der Waals surface area contributed by atoms with Crippen LogP contribution in [0.1, 0.15) is 34.7 Å². The molecule has 1 aliphatic carbocycles. The largest absolute Gasteiger partial charge is 0.0622 e. The molecule has 118 valence electrons. The summed E-state index contributed by atoms with van der Waals surface area (Å²) in [5, 5.41) is 0. The van der Waals surface area contributed by atoms with Crippen molar-refractivity contribution in [1.29, 1.82) is 0 Å². The number of rotatable bonds is 3. The zero-order chi connectivity index (χ0) is 16.5. The Morgan fingerprint density at radius 1 is 0.833 bits per heavy atom. The number of hydrogen-bond acceptors (Lipinski definition) is 0. The lowest BCUT2D eigenvalue weighted by atomic mass is 9.89. The van der Waals surface area contributed by atoms with Gasteiger partial charge in [-0.2, -0.15) is 0 Å². The van der Waals surface area contributed by atoms with Crippen LogP contribution in [0.3, 0.4) is 0 Å². The number of hydrogen-bond donors (Lipinski definition) is 0. The van der Waals surface area contributed by atoms with Crippen LogP contribution >= 0.6 is 0 Å². The number of fused-ring (bicyclic) bond motifs is 1. The molecule has 0 spiro atoms. The molecule has 0 saturated carbocycles. The van der Waals surface area contributed by atoms with Gasteiger partial charge < -0.3 is 0 Å². The van der Waals surface area contributed by atoms with Gasteiger partial charge in [-0.05, 0) is 70.4 Å². The molecule has 0 fully saturated rings. The van der Waals surface area contributed by atoms with Gasteiger partial charge in [0.2, 0.25) is 0 Å². The zero-order valence-electron chi connectivity index (χ0n) is 14.3. The second-order valence-corrected chi connectivity index (χ2v) is 6.55. The minimum atomic E-state index is 1.03. The van der Waals surface area contributed by atoms with Crippen molar-refractivity contribution in [1.82, 2.24) is 0 Å². The van der Waals surface area contributed by atoms with E-state index in [0.717, 1.165) is 12.8 Å². The van der Waals surface area contributed by atoms with Gasteiger partial charge in [0.1, 0.15) is 0 Å². The molecule has 3 aromatic carbocycles. The molecule has 0 unspecified atom stereocenters. The molecule has 24 heavy (non-hydrogen) atoms. The van der Waals surface area contributed by atoms with Crippen molar-refractivity contribution in [3.63, 3.8) is 0 Å². The van der Waals surface area contributed by atoms with E-state index in [1.165, 1.54) is 44.5 Å². The molecule has 0 saturated heterocycles. The lowest BCUT2D eigenvalue weighted by Crippen LogP contribution is -1.95. The highest BCUT2D eigenvalue weighted by atomic mass is 14.2. The van der Waals surface area contributed by atoms with E-state index >= 15 is 0 Å². The van der Waals surface area contributed by atoms with E-state index in [2.05, 4.69) is 86.7 Å². The van der Waals surface area contributed by atoms with Crippen molar-refractivity contribution >= 4 is 11.6 Å². The first-order chi connectivity index (χ1) is 11.8. The molecule has 0 radical (unpaired) electrons. The topological polar surface area (TPSA) is 0 Å². The van der Waals surface area contributed by atoms with Crippen LogP contribution in [0.2, 0.25) is 0 Å². The number of allylic oxidation sites excluding steroid dienone is 1. The number of aryl methyl sites for hydroxylation is 2. The van der Waals surface area contributed by atoms with E-state index in [1.807, 2.05) is 0 Å². The van der Waals surface area contributed by atoms with Gasteiger partial charge in [0.05, 0.1) is 0 Å². The van der Waals surface area contributed by atoms with Crippen LogP contribution in [-0.2, 0) is 12.8 Å². The van der Waals surface area contributed by atoms with Crippen molar-refractivity contribution in [2.75, 3.05) is 0 Å². The summed E-state index contributed by atoms with van der Waals surface area (Å²) in [5.41, 5.74) is 11.2. The van der Waals surface area contributed by atoms with E-state index in [4.69, 9.17) is 0 Å². The lowest BCUT2D eigenvalue weighted by Gasteiger charge is -2.15. The molecule has 0 atom stereocenters. The average molecular weight is 310 g/mol. The average Bonchev–Trinajstić information content (AvgIpc) is 3.06. The monoisotopic (exact) mass is 310 g/mol. The smallest absolute Gasteiger partial charge is 0.00134 e. The van der Waals surface area contributed by atoms with Crippen LogP contribution < -0.4 is 0 Å². The Balaban J connectivity index is 1.92. The molecular weight excluding hydrogens is 288 g/mol. The molecule has 0 aromatic heterocycles. The van der Waals surface area contributed by atoms with E-state index < -0.39 is 0 Å². The van der Waals surface area contributed by atoms with E-state index in [0.29, 0.717) is 0 Å². The summed E-state index contributed by atoms with van der Waals surface area (Å²) in [4.78, 5) is 0. The van der Waals surface area contributed by atoms with Crippen molar-refractivity contribution in [3.05, 3.63) is 94.5 Å². The van der Waals surface area contributed by atoms with Crippen LogP contribution in [0.4, 0.5) is 0 Å². The molecule has 0 heteroatoms. The molecule has 3 aromatic rings. The molecule has 0 heterocycles. The Morgan fingerprint density at radius 3 is 2.33 bits per heavy atom. The normalized spacial score (nSPS) is 12.8. The second kappa shape index (κ2) is 6.13. The SMILES string of the molecule is CCc1ccc2c(c1-c1ccccc1C)C=C(c1ccccc1)C2. The maximum absolute atomic E-state index is 2.41. The third kappa shape index (κ3) is 2.49. The van der Waals surface area contributed by atoms with Gasteiger partial charge in [-0.1, -0.05) is 73.7 Å². The van der Waals surface area contributed by atoms with Gasteiger partial charge >= 0.3 is 0 Å². The highest BCUT2D eigenvalue weighted by molar-refractivity contribution is 5.95. The van der Waals surface area contributed by atoms with Crippen molar-refractivity contribution < 1.29 is 0 Å². The van der Waals surface area contributed by atoms with Crippen molar-refractivity contribution in [2.24, 2.45) is 0 Å². The third-order valence-corrected chi connectivity index (χ3v) is 5.06. The molecule has 0 N–H and O–H groups in total. The summed E-state index contributed by atoms with van der Waals surface area (Å²) in [5.74, 6) is 0. The lowest BCUT2D eigenvalue weighted by molar-refractivity contribution is 1.13. The minimum Gasteiger partial charge on any atom is -0.0622 e. The predicted octanol–water partition coefficient (Wildman–Crippen LogP) is 6.32. The first-order valence-corrected chi connectivity index (χ1v) is 8.74. The molecular formula is C24H22. The van der Waals surface area contributed by atoms with Crippen LogP contribution in [0.15, 0.2) is 66.7 Å². The van der Waals surface area contributed by atoms with Crippen LogP contribution in [0.25, 0.3) is 22.8 Å². The van der Waals surface area contributed by atoms with E-state index in [1.54, 1.807) is 0 Å². The van der Waals surface area contributed by atoms with Crippen molar-refractivity contribution in [2.45, 2.75) is 26.7 Å². The maximum Gasteiger partial charge on any atom is -0.00134 e. The molecule has 4 rings (SSSR count). The Hall–Kier alpha value is -2.60. The fraction of sp³-hybridized carbons (Fsp3) is 0.167. The minimum absolute atomic E-state index is 1.03. The fourth-order valence-corrected chi connectivity index (χ4v) is 3.76. The molecule has 0 aliphatic heterocycles. The molecule has 1 aliphatic rings. The van der Waals surface area contributed by atoms with Crippen LogP contribution in [-0.4, -0.2) is 0 Å². The Bertz CT molecular complexity index is 914. The van der Waals surface area contributed by atoms with E-state index in [-0.39, 0.29) is 0 Å². The summed E-state index contributed by atoms with van der Waals surface area (Å²) < 4.78 is 0. The molecule has 0 bridgehead atoms. The van der Waals surface area contributed by atoms with Crippen LogP contribution in [0.5, 0.6) is 0 Å². The van der Waals surface area contributed by atoms with Gasteiger partial charge in [0.15, 0.2) is 0 Å². The highest BCUT2D eigenvalue weighted by Crippen LogP contribution is 2.40. The van der Waals surface area contributed by atoms with Gasteiger partial charge in [0.25, 0.3) is 0 Å². The third-order valence-electron chi connectivity index (χ3n) is 5.06. The molecule has 0 amide bonds. The van der Waals surface area contributed by atoms with Gasteiger partial charge in [-0.25, -0.2) is 0 Å². The fourth-order valence-electron chi connectivity index (χ4n) is 3.76. The zero-order valence-corrected chi connectivity index (χ0v) is 14.3. The second-order valence-electron chi connectivity index (χ2n) is 6.55. The van der Waals surface area contributed by atoms with E-state index in [9.17, 15) is 0 Å². The summed E-state index contributed by atoms with van der Waals surface area (Å²) in [7, 11) is 0. The molecule has 0 nitrogen and oxygen atoms in total. The van der Waals surface area contributed by atoms with Gasteiger partial charge in [0, 0.05) is 0 Å². The predicted molar refractivity (Wildman–Crippen MR) is 104 cm³/mol. The quantitative estimate of drug-likeness (QED) is 0.531.